The normalized spacial score (nSPS) is 9.16. The molecule has 4 nitrogen and oxygen atoms in total. The van der Waals surface area contributed by atoms with Crippen LogP contribution in [-0.4, -0.2) is 17.0 Å². The van der Waals surface area contributed by atoms with Crippen LogP contribution in [0.15, 0.2) is 30.3 Å². The van der Waals surface area contributed by atoms with Crippen LogP contribution in [0.1, 0.15) is 45.1 Å². The highest BCUT2D eigenvalue weighted by atomic mass is 16.4. The minimum absolute atomic E-state index is 0.0404. The molecule has 2 N–H and O–H groups in total. The molecule has 1 aromatic rings. The first-order valence-corrected chi connectivity index (χ1v) is 6.62. The zero-order valence-corrected chi connectivity index (χ0v) is 11.7. The molecule has 0 spiro atoms. The van der Waals surface area contributed by atoms with Gasteiger partial charge in [-0.1, -0.05) is 50.6 Å². The molecule has 0 aliphatic rings. The number of hydrogen-bond donors (Lipinski definition) is 2. The molecular formula is C15H23NO3. The molecule has 0 aromatic heterocycles. The van der Waals surface area contributed by atoms with Crippen molar-refractivity contribution in [3.05, 3.63) is 35.9 Å². The van der Waals surface area contributed by atoms with Gasteiger partial charge in [-0.3, -0.25) is 9.59 Å². The molecule has 19 heavy (non-hydrogen) atoms. The number of carboxylic acids is 1. The summed E-state index contributed by atoms with van der Waals surface area (Å²) in [5, 5.41) is 11.1. The third-order valence-electron chi connectivity index (χ3n) is 2.13. The predicted molar refractivity (Wildman–Crippen MR) is 75.7 cm³/mol. The molecule has 4 heteroatoms. The molecule has 0 atom stereocenters. The smallest absolute Gasteiger partial charge is 0.303 e. The van der Waals surface area contributed by atoms with Crippen LogP contribution in [0.5, 0.6) is 0 Å². The Morgan fingerprint density at radius 2 is 1.68 bits per heavy atom. The van der Waals surface area contributed by atoms with Gasteiger partial charge in [-0.05, 0) is 12.0 Å². The van der Waals surface area contributed by atoms with Gasteiger partial charge in [0.05, 0.1) is 0 Å². The van der Waals surface area contributed by atoms with Gasteiger partial charge in [0.2, 0.25) is 5.91 Å². The van der Waals surface area contributed by atoms with Gasteiger partial charge in [0.25, 0.3) is 0 Å². The minimum Gasteiger partial charge on any atom is -0.481 e. The van der Waals surface area contributed by atoms with E-state index in [1.807, 2.05) is 30.3 Å². The molecule has 0 radical (unpaired) electrons. The SMILES string of the molecule is CCC.O=C(O)CCCC(=O)NCc1ccccc1. The van der Waals surface area contributed by atoms with Gasteiger partial charge < -0.3 is 10.4 Å². The van der Waals surface area contributed by atoms with Crippen molar-refractivity contribution in [1.82, 2.24) is 5.32 Å². The number of aliphatic carboxylic acids is 1. The summed E-state index contributed by atoms with van der Waals surface area (Å²) >= 11 is 0. The Balaban J connectivity index is 0.000000982. The van der Waals surface area contributed by atoms with Crippen molar-refractivity contribution in [2.24, 2.45) is 0 Å². The highest BCUT2D eigenvalue weighted by molar-refractivity contribution is 5.76. The fourth-order valence-electron chi connectivity index (χ4n) is 1.29. The van der Waals surface area contributed by atoms with Crippen LogP contribution in [-0.2, 0) is 16.1 Å². The largest absolute Gasteiger partial charge is 0.481 e. The standard InChI is InChI=1S/C12H15NO3.C3H8/c14-11(7-4-8-12(15)16)13-9-10-5-2-1-3-6-10;1-3-2/h1-3,5-6H,4,7-9H2,(H,13,14)(H,15,16);3H2,1-2H3. The number of hydrogen-bond acceptors (Lipinski definition) is 2. The first-order chi connectivity index (χ1) is 9.10. The Hall–Kier alpha value is -1.84. The highest BCUT2D eigenvalue weighted by Crippen LogP contribution is 1.99. The second kappa shape index (κ2) is 11.3. The summed E-state index contributed by atoms with van der Waals surface area (Å²) in [4.78, 5) is 21.5. The maximum atomic E-state index is 11.3. The summed E-state index contributed by atoms with van der Waals surface area (Å²) in [6, 6.07) is 9.59. The summed E-state index contributed by atoms with van der Waals surface area (Å²) in [7, 11) is 0. The molecule has 0 unspecified atom stereocenters. The van der Waals surface area contributed by atoms with E-state index in [-0.39, 0.29) is 18.7 Å². The van der Waals surface area contributed by atoms with E-state index in [1.54, 1.807) is 0 Å². The van der Waals surface area contributed by atoms with Crippen molar-refractivity contribution in [2.75, 3.05) is 0 Å². The van der Waals surface area contributed by atoms with Gasteiger partial charge in [0.15, 0.2) is 0 Å². The van der Waals surface area contributed by atoms with Crippen LogP contribution < -0.4 is 5.32 Å². The Labute approximate surface area is 114 Å². The number of rotatable bonds is 6. The number of amides is 1. The fourth-order valence-corrected chi connectivity index (χ4v) is 1.29. The monoisotopic (exact) mass is 265 g/mol. The number of carbonyl (C=O) groups is 2. The number of carboxylic acid groups (broad SMARTS) is 1. The number of carbonyl (C=O) groups excluding carboxylic acids is 1. The first kappa shape index (κ1) is 17.2. The van der Waals surface area contributed by atoms with E-state index in [9.17, 15) is 9.59 Å². The minimum atomic E-state index is -0.865. The molecule has 0 fully saturated rings. The topological polar surface area (TPSA) is 66.4 Å². The van der Waals surface area contributed by atoms with E-state index in [4.69, 9.17) is 5.11 Å². The lowest BCUT2D eigenvalue weighted by molar-refractivity contribution is -0.137. The number of nitrogens with one attached hydrogen (secondary N) is 1. The maximum absolute atomic E-state index is 11.3. The van der Waals surface area contributed by atoms with Gasteiger partial charge in [-0.25, -0.2) is 0 Å². The zero-order valence-electron chi connectivity index (χ0n) is 11.7. The third-order valence-corrected chi connectivity index (χ3v) is 2.13. The van der Waals surface area contributed by atoms with Crippen LogP contribution in [0.4, 0.5) is 0 Å². The molecule has 0 saturated carbocycles. The average molecular weight is 265 g/mol. The average Bonchev–Trinajstić information content (AvgIpc) is 2.38. The van der Waals surface area contributed by atoms with Gasteiger partial charge in [-0.15, -0.1) is 0 Å². The first-order valence-electron chi connectivity index (χ1n) is 6.62. The Kier molecular flexibility index (Phi) is 10.2. The van der Waals surface area contributed by atoms with E-state index in [2.05, 4.69) is 19.2 Å². The Morgan fingerprint density at radius 3 is 2.21 bits per heavy atom. The predicted octanol–water partition coefficient (Wildman–Crippen LogP) is 2.97. The summed E-state index contributed by atoms with van der Waals surface area (Å²) in [5.41, 5.74) is 1.04. The fraction of sp³-hybridized carbons (Fsp3) is 0.467. The van der Waals surface area contributed by atoms with Crippen LogP contribution in [0, 0.1) is 0 Å². The van der Waals surface area contributed by atoms with Crippen molar-refractivity contribution in [3.8, 4) is 0 Å². The van der Waals surface area contributed by atoms with Crippen molar-refractivity contribution in [3.63, 3.8) is 0 Å². The van der Waals surface area contributed by atoms with Crippen LogP contribution in [0.25, 0.3) is 0 Å². The molecule has 0 aliphatic heterocycles. The maximum Gasteiger partial charge on any atom is 0.303 e. The molecule has 106 valence electrons. The van der Waals surface area contributed by atoms with Crippen molar-refractivity contribution >= 4 is 11.9 Å². The molecule has 1 aromatic carbocycles. The Bertz CT molecular complexity index is 363. The van der Waals surface area contributed by atoms with Gasteiger partial charge in [0, 0.05) is 19.4 Å². The van der Waals surface area contributed by atoms with E-state index in [1.165, 1.54) is 6.42 Å². The number of benzene rings is 1. The lowest BCUT2D eigenvalue weighted by atomic mass is 10.2. The second-order valence-corrected chi connectivity index (χ2v) is 4.22. The quantitative estimate of drug-likeness (QED) is 0.831. The second-order valence-electron chi connectivity index (χ2n) is 4.22. The van der Waals surface area contributed by atoms with Gasteiger partial charge >= 0.3 is 5.97 Å². The summed E-state index contributed by atoms with van der Waals surface area (Å²) < 4.78 is 0. The van der Waals surface area contributed by atoms with Crippen molar-refractivity contribution in [2.45, 2.75) is 46.1 Å². The summed E-state index contributed by atoms with van der Waals surface area (Å²) in [6.45, 7) is 4.74. The van der Waals surface area contributed by atoms with E-state index in [0.717, 1.165) is 5.56 Å². The molecule has 0 bridgehead atoms. The molecule has 0 saturated heterocycles. The summed E-state index contributed by atoms with van der Waals surface area (Å²) in [5.74, 6) is -0.971. The molecular weight excluding hydrogens is 242 g/mol. The van der Waals surface area contributed by atoms with Crippen LogP contribution in [0.2, 0.25) is 0 Å². The van der Waals surface area contributed by atoms with Gasteiger partial charge in [0.1, 0.15) is 0 Å². The van der Waals surface area contributed by atoms with E-state index in [0.29, 0.717) is 13.0 Å². The van der Waals surface area contributed by atoms with Crippen molar-refractivity contribution in [1.29, 1.82) is 0 Å². The molecule has 0 heterocycles. The van der Waals surface area contributed by atoms with E-state index < -0.39 is 5.97 Å². The van der Waals surface area contributed by atoms with Crippen molar-refractivity contribution < 1.29 is 14.7 Å². The van der Waals surface area contributed by atoms with Crippen LogP contribution >= 0.6 is 0 Å². The highest BCUT2D eigenvalue weighted by Gasteiger charge is 2.03. The lowest BCUT2D eigenvalue weighted by Gasteiger charge is -2.04. The summed E-state index contributed by atoms with van der Waals surface area (Å²) in [6.07, 6.45) is 1.94. The van der Waals surface area contributed by atoms with Gasteiger partial charge in [-0.2, -0.15) is 0 Å². The lowest BCUT2D eigenvalue weighted by Crippen LogP contribution is -2.22. The Morgan fingerprint density at radius 1 is 1.11 bits per heavy atom. The third kappa shape index (κ3) is 11.0. The molecule has 1 rings (SSSR count). The molecule has 1 amide bonds. The van der Waals surface area contributed by atoms with E-state index >= 15 is 0 Å². The zero-order chi connectivity index (χ0) is 14.5. The molecule has 0 aliphatic carbocycles. The van der Waals surface area contributed by atoms with Crippen LogP contribution in [0.3, 0.4) is 0 Å².